The summed E-state index contributed by atoms with van der Waals surface area (Å²) in [6, 6.07) is 8.63. The number of methoxy groups -OCH3 is 2. The number of nitrogens with zero attached hydrogens (tertiary/aromatic N) is 2. The predicted molar refractivity (Wildman–Crippen MR) is 131 cm³/mol. The fourth-order valence-electron chi connectivity index (χ4n) is 4.61. The molecule has 1 atom stereocenters. The molecule has 164 valence electrons. The first-order valence-corrected chi connectivity index (χ1v) is 10.5. The number of ether oxygens (including phenoxy) is 2. The van der Waals surface area contributed by atoms with Crippen molar-refractivity contribution in [2.75, 3.05) is 52.4 Å². The van der Waals surface area contributed by atoms with Gasteiger partial charge in [0.2, 0.25) is 0 Å². The Labute approximate surface area is 192 Å². The van der Waals surface area contributed by atoms with Gasteiger partial charge < -0.3 is 25.0 Å². The van der Waals surface area contributed by atoms with E-state index in [4.69, 9.17) is 9.47 Å². The van der Waals surface area contributed by atoms with Gasteiger partial charge in [0.05, 0.1) is 12.8 Å². The fourth-order valence-corrected chi connectivity index (χ4v) is 4.61. The van der Waals surface area contributed by atoms with Crippen molar-refractivity contribution >= 4 is 35.6 Å². The van der Waals surface area contributed by atoms with Gasteiger partial charge in [-0.15, -0.1) is 24.0 Å². The lowest BCUT2D eigenvalue weighted by molar-refractivity contribution is 0.138. The molecule has 2 N–H and O–H groups in total. The summed E-state index contributed by atoms with van der Waals surface area (Å²) in [5, 5.41) is 7.23. The molecule has 1 aliphatic heterocycles. The molecule has 1 aliphatic carbocycles. The number of anilines is 1. The normalized spacial score (nSPS) is 21.0. The molecule has 0 amide bonds. The van der Waals surface area contributed by atoms with Crippen molar-refractivity contribution in [3.63, 3.8) is 0 Å². The number of nitrogens with one attached hydrogen (secondary N) is 2. The monoisotopic (exact) mass is 516 g/mol. The van der Waals surface area contributed by atoms with Gasteiger partial charge in [-0.05, 0) is 43.2 Å². The maximum Gasteiger partial charge on any atom is 0.191 e. The summed E-state index contributed by atoms with van der Waals surface area (Å²) < 4.78 is 10.9. The Hall–Kier alpha value is -1.22. The molecule has 1 aromatic rings. The molecule has 2 fully saturated rings. The molecule has 7 heteroatoms. The van der Waals surface area contributed by atoms with Crippen molar-refractivity contribution in [1.82, 2.24) is 10.6 Å². The third-order valence-corrected chi connectivity index (χ3v) is 6.31. The van der Waals surface area contributed by atoms with Crippen LogP contribution < -0.4 is 20.3 Å². The van der Waals surface area contributed by atoms with Crippen LogP contribution in [0.2, 0.25) is 0 Å². The van der Waals surface area contributed by atoms with E-state index in [0.29, 0.717) is 11.5 Å². The van der Waals surface area contributed by atoms with Crippen LogP contribution in [0.5, 0.6) is 5.75 Å². The van der Waals surface area contributed by atoms with Crippen molar-refractivity contribution < 1.29 is 9.47 Å². The number of aliphatic imine (C=N–C) groups is 1. The predicted octanol–water partition coefficient (Wildman–Crippen LogP) is 3.65. The Morgan fingerprint density at radius 3 is 2.69 bits per heavy atom. The number of hydrogen-bond donors (Lipinski definition) is 2. The summed E-state index contributed by atoms with van der Waals surface area (Å²) in [7, 11) is 5.39. The molecule has 0 spiro atoms. The van der Waals surface area contributed by atoms with Gasteiger partial charge in [0, 0.05) is 46.4 Å². The van der Waals surface area contributed by atoms with Crippen molar-refractivity contribution in [2.45, 2.75) is 44.6 Å². The number of halogens is 1. The topological polar surface area (TPSA) is 58.1 Å². The molecular weight excluding hydrogens is 479 g/mol. The highest BCUT2D eigenvalue weighted by Gasteiger charge is 2.34. The van der Waals surface area contributed by atoms with Gasteiger partial charge in [0.15, 0.2) is 5.96 Å². The summed E-state index contributed by atoms with van der Waals surface area (Å²) in [5.74, 6) is 1.85. The lowest BCUT2D eigenvalue weighted by Crippen LogP contribution is -2.47. The number of rotatable bonds is 8. The highest BCUT2D eigenvalue weighted by atomic mass is 127. The fraction of sp³-hybridized carbons (Fsp3) is 0.682. The summed E-state index contributed by atoms with van der Waals surface area (Å²) in [6.45, 7) is 3.78. The molecule has 6 nitrogen and oxygen atoms in total. The quantitative estimate of drug-likeness (QED) is 0.314. The van der Waals surface area contributed by atoms with E-state index >= 15 is 0 Å². The van der Waals surface area contributed by atoms with Gasteiger partial charge in [-0.2, -0.15) is 0 Å². The van der Waals surface area contributed by atoms with Crippen LogP contribution in [0.1, 0.15) is 38.5 Å². The van der Waals surface area contributed by atoms with Crippen LogP contribution in [-0.4, -0.2) is 59.5 Å². The minimum Gasteiger partial charge on any atom is -0.495 e. The van der Waals surface area contributed by atoms with Crippen molar-refractivity contribution in [3.05, 3.63) is 24.3 Å². The first-order valence-electron chi connectivity index (χ1n) is 10.5. The Balaban J connectivity index is 0.00000300. The number of hydrogen-bond acceptors (Lipinski definition) is 4. The Morgan fingerprint density at radius 1 is 1.24 bits per heavy atom. The van der Waals surface area contributed by atoms with Gasteiger partial charge in [0.1, 0.15) is 5.75 Å². The van der Waals surface area contributed by atoms with Crippen LogP contribution in [0.15, 0.2) is 29.3 Å². The standard InChI is InChI=1S/C22H36N4O2.HI/c1-23-21(24-17-22(13-15-27-2)11-6-7-12-22)25-18-10-14-26(16-18)19-8-4-5-9-20(19)28-3;/h4-5,8-9,18H,6-7,10-17H2,1-3H3,(H2,23,24,25);1H. The van der Waals surface area contributed by atoms with Crippen LogP contribution in [0.25, 0.3) is 0 Å². The molecule has 2 aliphatic rings. The first-order chi connectivity index (χ1) is 13.7. The minimum absolute atomic E-state index is 0. The highest BCUT2D eigenvalue weighted by Crippen LogP contribution is 2.40. The minimum atomic E-state index is 0. The average molecular weight is 516 g/mol. The van der Waals surface area contributed by atoms with Crippen LogP contribution in [0.3, 0.4) is 0 Å². The maximum atomic E-state index is 5.53. The molecule has 0 aromatic heterocycles. The largest absolute Gasteiger partial charge is 0.495 e. The van der Waals surface area contributed by atoms with Crippen molar-refractivity contribution in [1.29, 1.82) is 0 Å². The zero-order chi connectivity index (χ0) is 19.8. The summed E-state index contributed by atoms with van der Waals surface area (Å²) in [5.41, 5.74) is 1.52. The van der Waals surface area contributed by atoms with Gasteiger partial charge in [-0.1, -0.05) is 25.0 Å². The van der Waals surface area contributed by atoms with Crippen molar-refractivity contribution in [3.8, 4) is 5.75 Å². The summed E-state index contributed by atoms with van der Waals surface area (Å²) in [4.78, 5) is 6.87. The van der Waals surface area contributed by atoms with Crippen LogP contribution in [0, 0.1) is 5.41 Å². The van der Waals surface area contributed by atoms with E-state index in [0.717, 1.165) is 50.8 Å². The SMILES string of the molecule is CN=C(NCC1(CCOC)CCCC1)NC1CCN(c2ccccc2OC)C1.I. The summed E-state index contributed by atoms with van der Waals surface area (Å²) >= 11 is 0. The summed E-state index contributed by atoms with van der Waals surface area (Å²) in [6.07, 6.45) is 7.44. The molecule has 1 unspecified atom stereocenters. The van der Waals surface area contributed by atoms with Crippen molar-refractivity contribution in [2.24, 2.45) is 10.4 Å². The molecule has 3 rings (SSSR count). The van der Waals surface area contributed by atoms with E-state index in [1.807, 2.05) is 19.2 Å². The molecule has 29 heavy (non-hydrogen) atoms. The highest BCUT2D eigenvalue weighted by molar-refractivity contribution is 14.0. The van der Waals surface area contributed by atoms with E-state index < -0.39 is 0 Å². The van der Waals surface area contributed by atoms with Gasteiger partial charge >= 0.3 is 0 Å². The van der Waals surface area contributed by atoms with Gasteiger partial charge in [-0.3, -0.25) is 4.99 Å². The van der Waals surface area contributed by atoms with Crippen LogP contribution in [0.4, 0.5) is 5.69 Å². The maximum absolute atomic E-state index is 5.53. The average Bonchev–Trinajstić information content (AvgIpc) is 3.39. The third-order valence-electron chi connectivity index (χ3n) is 6.31. The number of benzene rings is 1. The smallest absolute Gasteiger partial charge is 0.191 e. The molecule has 0 bridgehead atoms. The molecule has 1 saturated carbocycles. The van der Waals surface area contributed by atoms with Crippen LogP contribution in [-0.2, 0) is 4.74 Å². The van der Waals surface area contributed by atoms with Crippen LogP contribution >= 0.6 is 24.0 Å². The molecular formula is C22H37IN4O2. The Kier molecular flexibility index (Phi) is 9.82. The Bertz CT molecular complexity index is 649. The van der Waals surface area contributed by atoms with E-state index in [-0.39, 0.29) is 24.0 Å². The second kappa shape index (κ2) is 11.8. The second-order valence-corrected chi connectivity index (χ2v) is 8.12. The van der Waals surface area contributed by atoms with E-state index in [2.05, 4.69) is 32.7 Å². The second-order valence-electron chi connectivity index (χ2n) is 8.12. The van der Waals surface area contributed by atoms with Gasteiger partial charge in [0.25, 0.3) is 0 Å². The van der Waals surface area contributed by atoms with E-state index in [1.54, 1.807) is 14.2 Å². The molecule has 0 radical (unpaired) electrons. The van der Waals surface area contributed by atoms with E-state index in [9.17, 15) is 0 Å². The Morgan fingerprint density at radius 2 is 2.00 bits per heavy atom. The number of guanidine groups is 1. The van der Waals surface area contributed by atoms with E-state index in [1.165, 1.54) is 31.4 Å². The molecule has 1 saturated heterocycles. The number of para-hydroxylation sites is 2. The zero-order valence-corrected chi connectivity index (χ0v) is 20.4. The first kappa shape index (κ1) is 24.1. The molecule has 1 aromatic carbocycles. The lowest BCUT2D eigenvalue weighted by atomic mass is 9.83. The molecule has 1 heterocycles. The third kappa shape index (κ3) is 6.38. The van der Waals surface area contributed by atoms with Gasteiger partial charge in [-0.25, -0.2) is 0 Å². The zero-order valence-electron chi connectivity index (χ0n) is 18.1. The lowest BCUT2D eigenvalue weighted by Gasteiger charge is -2.30.